The van der Waals surface area contributed by atoms with Gasteiger partial charge in [0.1, 0.15) is 5.75 Å². The molecule has 1 aliphatic carbocycles. The van der Waals surface area contributed by atoms with Gasteiger partial charge in [-0.15, -0.1) is 0 Å². The van der Waals surface area contributed by atoms with Crippen LogP contribution in [0.15, 0.2) is 88.7 Å². The zero-order valence-corrected chi connectivity index (χ0v) is 24.7. The van der Waals surface area contributed by atoms with Gasteiger partial charge in [0.25, 0.3) is 0 Å². The Morgan fingerprint density at radius 2 is 1.90 bits per heavy atom. The number of nitrogens with one attached hydrogen (secondary N) is 2. The monoisotopic (exact) mass is 547 g/mol. The van der Waals surface area contributed by atoms with E-state index < -0.39 is 0 Å². The number of allylic oxidation sites excluding steroid dienone is 3. The minimum Gasteiger partial charge on any atom is -0.488 e. The van der Waals surface area contributed by atoms with Crippen LogP contribution in [0.25, 0.3) is 12.3 Å². The van der Waals surface area contributed by atoms with E-state index in [2.05, 4.69) is 68.8 Å². The Kier molecular flexibility index (Phi) is 8.44. The molecule has 0 saturated heterocycles. The lowest BCUT2D eigenvalue weighted by molar-refractivity contribution is 0.0637. The van der Waals surface area contributed by atoms with Gasteiger partial charge in [0.15, 0.2) is 5.43 Å². The molecule has 1 aliphatic heterocycles. The number of aromatic nitrogens is 1. The summed E-state index contributed by atoms with van der Waals surface area (Å²) in [5.74, 6) is 1.64. The Labute approximate surface area is 243 Å². The van der Waals surface area contributed by atoms with Crippen molar-refractivity contribution < 1.29 is 4.74 Å². The van der Waals surface area contributed by atoms with Crippen molar-refractivity contribution in [3.8, 4) is 5.75 Å². The predicted octanol–water partition coefficient (Wildman–Crippen LogP) is 6.38. The quantitative estimate of drug-likeness (QED) is 0.290. The molecule has 1 saturated carbocycles. The van der Waals surface area contributed by atoms with Gasteiger partial charge < -0.3 is 15.0 Å². The summed E-state index contributed by atoms with van der Waals surface area (Å²) in [5, 5.41) is 4.75. The van der Waals surface area contributed by atoms with Crippen molar-refractivity contribution in [3.05, 3.63) is 117 Å². The number of hydrogen-bond acceptors (Lipinski definition) is 4. The number of anilines is 1. The first kappa shape index (κ1) is 28.4. The molecule has 2 aliphatic rings. The zero-order chi connectivity index (χ0) is 29.0. The van der Waals surface area contributed by atoms with Crippen molar-refractivity contribution in [2.75, 3.05) is 5.32 Å². The number of para-hydroxylation sites is 2. The number of ether oxygens (including phenoxy) is 1. The minimum atomic E-state index is -0.0645. The molecule has 1 unspecified atom stereocenters. The van der Waals surface area contributed by atoms with Crippen molar-refractivity contribution in [2.45, 2.75) is 71.4 Å². The third-order valence-electron chi connectivity index (χ3n) is 8.89. The average molecular weight is 548 g/mol. The highest BCUT2D eigenvalue weighted by atomic mass is 16.5. The first-order valence-electron chi connectivity index (χ1n) is 14.8. The van der Waals surface area contributed by atoms with Gasteiger partial charge in [-0.25, -0.2) is 0 Å². The number of pyridine rings is 1. The molecule has 1 fully saturated rings. The summed E-state index contributed by atoms with van der Waals surface area (Å²) in [6, 6.07) is 18.2. The van der Waals surface area contributed by atoms with E-state index >= 15 is 0 Å². The maximum atomic E-state index is 13.1. The summed E-state index contributed by atoms with van der Waals surface area (Å²) in [5.41, 5.74) is 5.82. The fourth-order valence-electron chi connectivity index (χ4n) is 5.54. The maximum Gasteiger partial charge on any atom is 0.191 e. The van der Waals surface area contributed by atoms with E-state index in [0.717, 1.165) is 64.5 Å². The molecule has 5 heteroatoms. The topological polar surface area (TPSA) is 66.5 Å². The first-order valence-corrected chi connectivity index (χ1v) is 14.8. The average Bonchev–Trinajstić information content (AvgIpc) is 2.94. The van der Waals surface area contributed by atoms with Gasteiger partial charge in [-0.05, 0) is 62.0 Å². The lowest BCUT2D eigenvalue weighted by Crippen LogP contribution is -2.41. The molecule has 3 aromatic rings. The Morgan fingerprint density at radius 3 is 2.61 bits per heavy atom. The van der Waals surface area contributed by atoms with Crippen molar-refractivity contribution in [1.29, 1.82) is 0 Å². The fourth-order valence-corrected chi connectivity index (χ4v) is 5.54. The summed E-state index contributed by atoms with van der Waals surface area (Å²) in [4.78, 5) is 21.3. The summed E-state index contributed by atoms with van der Waals surface area (Å²) in [6.07, 6.45) is 12.3. The van der Waals surface area contributed by atoms with Gasteiger partial charge in [0.2, 0.25) is 0 Å². The smallest absolute Gasteiger partial charge is 0.191 e. The molecule has 2 heterocycles. The van der Waals surface area contributed by atoms with Crippen molar-refractivity contribution in [1.82, 2.24) is 4.98 Å². The number of H-pyrrole nitrogens is 1. The number of aliphatic imine (C=N–C) groups is 1. The second-order valence-electron chi connectivity index (χ2n) is 11.5. The number of nitrogens with zero attached hydrogens (tertiary/aromatic N) is 1. The normalized spacial score (nSPS) is 22.9. The number of aromatic amines is 1. The molecule has 212 valence electrons. The molecular weight excluding hydrogens is 506 g/mol. The lowest BCUT2D eigenvalue weighted by atomic mass is 9.75. The highest BCUT2D eigenvalue weighted by Crippen LogP contribution is 2.36. The van der Waals surface area contributed by atoms with Gasteiger partial charge >= 0.3 is 0 Å². The molecule has 0 amide bonds. The summed E-state index contributed by atoms with van der Waals surface area (Å²) in [7, 11) is 0. The molecule has 0 spiro atoms. The van der Waals surface area contributed by atoms with Crippen molar-refractivity contribution in [3.63, 3.8) is 0 Å². The van der Waals surface area contributed by atoms with Crippen LogP contribution < -0.4 is 26.1 Å². The summed E-state index contributed by atoms with van der Waals surface area (Å²) in [6.45, 7) is 13.4. The summed E-state index contributed by atoms with van der Waals surface area (Å²) < 4.78 is 6.26. The van der Waals surface area contributed by atoms with Crippen molar-refractivity contribution in [2.24, 2.45) is 10.9 Å². The van der Waals surface area contributed by atoms with Gasteiger partial charge in [0.05, 0.1) is 34.6 Å². The molecule has 41 heavy (non-hydrogen) atoms. The van der Waals surface area contributed by atoms with Crippen molar-refractivity contribution >= 4 is 23.7 Å². The number of benzene rings is 2. The molecular formula is C36H41N3O2. The SMILES string of the molecule is C=C(C)C(C)(CC)c1ccc(C2=N\C=c3\c(=O)cc(CNc4ccccc4OC4CC(CC)C4)[nH]\c3=C\C=C\2)cc1. The van der Waals surface area contributed by atoms with Crippen LogP contribution >= 0.6 is 0 Å². The molecule has 1 aromatic heterocycles. The van der Waals surface area contributed by atoms with Crippen LogP contribution in [0.1, 0.15) is 70.2 Å². The van der Waals surface area contributed by atoms with Crippen LogP contribution in [0.4, 0.5) is 5.69 Å². The Bertz CT molecular complexity index is 1660. The highest BCUT2D eigenvalue weighted by molar-refractivity contribution is 6.10. The standard InChI is InChI=1S/C36H41N3O2/c1-6-25-19-29(20-25)41-35-14-9-8-11-33(35)37-22-28-21-34(40)30-23-38-31(12-10-13-32(30)39-28)26-15-17-27(18-16-26)36(5,7-2)24(3)4/h8-18,21,23,25,29,37H,3,6-7,19-20,22H2,1-2,4-5H3,(H,39,40). The molecule has 0 radical (unpaired) electrons. The van der Waals surface area contributed by atoms with E-state index in [1.54, 1.807) is 12.3 Å². The number of fused-ring (bicyclic) bond motifs is 1. The van der Waals surface area contributed by atoms with E-state index in [1.165, 1.54) is 12.0 Å². The third-order valence-corrected chi connectivity index (χ3v) is 8.89. The van der Waals surface area contributed by atoms with Gasteiger partial charge in [0, 0.05) is 28.9 Å². The van der Waals surface area contributed by atoms with Gasteiger partial charge in [-0.1, -0.05) is 81.8 Å². The van der Waals surface area contributed by atoms with E-state index in [9.17, 15) is 4.79 Å². The van der Waals surface area contributed by atoms with Crippen LogP contribution in [-0.2, 0) is 12.0 Å². The molecule has 2 N–H and O–H groups in total. The Hall–Kier alpha value is -4.12. The third kappa shape index (κ3) is 6.14. The second kappa shape index (κ2) is 12.2. The number of rotatable bonds is 10. The van der Waals surface area contributed by atoms with E-state index in [1.807, 2.05) is 42.5 Å². The molecule has 0 bridgehead atoms. The van der Waals surface area contributed by atoms with Crippen LogP contribution in [-0.4, -0.2) is 16.8 Å². The lowest BCUT2D eigenvalue weighted by Gasteiger charge is -2.35. The second-order valence-corrected chi connectivity index (χ2v) is 11.5. The van der Waals surface area contributed by atoms with Gasteiger partial charge in [-0.3, -0.25) is 9.79 Å². The number of hydrogen-bond donors (Lipinski definition) is 2. The van der Waals surface area contributed by atoms with Gasteiger partial charge in [-0.2, -0.15) is 0 Å². The van der Waals surface area contributed by atoms with E-state index in [-0.39, 0.29) is 16.9 Å². The van der Waals surface area contributed by atoms with Crippen LogP contribution in [0, 0.1) is 5.92 Å². The van der Waals surface area contributed by atoms with Crippen LogP contribution in [0.5, 0.6) is 5.75 Å². The maximum absolute atomic E-state index is 13.1. The molecule has 5 nitrogen and oxygen atoms in total. The highest BCUT2D eigenvalue weighted by Gasteiger charge is 2.29. The molecule has 5 rings (SSSR count). The predicted molar refractivity (Wildman–Crippen MR) is 171 cm³/mol. The Morgan fingerprint density at radius 1 is 1.15 bits per heavy atom. The fraction of sp³-hybridized carbons (Fsp3) is 0.333. The molecule has 1 atom stereocenters. The zero-order valence-electron chi connectivity index (χ0n) is 24.7. The van der Waals surface area contributed by atoms with E-state index in [0.29, 0.717) is 11.8 Å². The summed E-state index contributed by atoms with van der Waals surface area (Å²) >= 11 is 0. The largest absolute Gasteiger partial charge is 0.488 e. The Balaban J connectivity index is 1.33. The van der Waals surface area contributed by atoms with Crippen LogP contribution in [0.3, 0.4) is 0 Å². The first-order chi connectivity index (χ1) is 19.8. The van der Waals surface area contributed by atoms with Crippen LogP contribution in [0.2, 0.25) is 0 Å². The molecule has 2 aromatic carbocycles. The minimum absolute atomic E-state index is 0.0558. The van der Waals surface area contributed by atoms with E-state index in [4.69, 9.17) is 9.73 Å².